The zero-order valence-electron chi connectivity index (χ0n) is 13.2. The molecular formula is C19H18FNO3. The Bertz CT molecular complexity index is 752. The molecule has 0 aliphatic carbocycles. The second-order valence-corrected chi connectivity index (χ2v) is 6.19. The van der Waals surface area contributed by atoms with Crippen LogP contribution in [-0.2, 0) is 0 Å². The number of carbonyl (C=O) groups is 1. The van der Waals surface area contributed by atoms with Crippen LogP contribution in [0.3, 0.4) is 0 Å². The number of nitrogens with zero attached hydrogens (tertiary/aromatic N) is 1. The van der Waals surface area contributed by atoms with Crippen LogP contribution >= 0.6 is 0 Å². The molecule has 0 bridgehead atoms. The van der Waals surface area contributed by atoms with E-state index in [1.54, 1.807) is 18.2 Å². The molecule has 0 N–H and O–H groups in total. The molecule has 0 atom stereocenters. The molecule has 24 heavy (non-hydrogen) atoms. The number of hydrogen-bond acceptors (Lipinski definition) is 3. The lowest BCUT2D eigenvalue weighted by molar-refractivity contribution is 0.0712. The Labute approximate surface area is 139 Å². The van der Waals surface area contributed by atoms with E-state index in [0.29, 0.717) is 36.1 Å². The molecule has 0 aromatic heterocycles. The fourth-order valence-electron chi connectivity index (χ4n) is 3.36. The number of likely N-dealkylation sites (tertiary alicyclic amines) is 1. The maximum absolute atomic E-state index is 13.0. The zero-order chi connectivity index (χ0) is 16.5. The molecule has 2 aromatic rings. The quantitative estimate of drug-likeness (QED) is 0.846. The molecule has 2 aliphatic heterocycles. The van der Waals surface area contributed by atoms with Crippen LogP contribution < -0.4 is 9.47 Å². The van der Waals surface area contributed by atoms with Gasteiger partial charge in [0.1, 0.15) is 5.82 Å². The normalized spacial score (nSPS) is 17.1. The first-order chi connectivity index (χ1) is 11.7. The van der Waals surface area contributed by atoms with Gasteiger partial charge in [-0.05, 0) is 54.7 Å². The van der Waals surface area contributed by atoms with Crippen molar-refractivity contribution in [3.63, 3.8) is 0 Å². The van der Waals surface area contributed by atoms with E-state index >= 15 is 0 Å². The number of hydrogen-bond donors (Lipinski definition) is 0. The topological polar surface area (TPSA) is 38.8 Å². The van der Waals surface area contributed by atoms with Gasteiger partial charge in [-0.3, -0.25) is 4.79 Å². The van der Waals surface area contributed by atoms with Crippen molar-refractivity contribution < 1.29 is 18.7 Å². The zero-order valence-corrected chi connectivity index (χ0v) is 13.2. The monoisotopic (exact) mass is 327 g/mol. The molecule has 1 fully saturated rings. The summed E-state index contributed by atoms with van der Waals surface area (Å²) in [6.07, 6.45) is 1.78. The van der Waals surface area contributed by atoms with E-state index in [2.05, 4.69) is 0 Å². The summed E-state index contributed by atoms with van der Waals surface area (Å²) in [4.78, 5) is 14.5. The summed E-state index contributed by atoms with van der Waals surface area (Å²) in [6, 6.07) is 12.0. The molecule has 0 spiro atoms. The fraction of sp³-hybridized carbons (Fsp3) is 0.316. The molecular weight excluding hydrogens is 309 g/mol. The SMILES string of the molecule is O=C(c1ccc2c(c1)OCO2)N1CCC(c2ccc(F)cc2)CC1. The summed E-state index contributed by atoms with van der Waals surface area (Å²) >= 11 is 0. The number of fused-ring (bicyclic) bond motifs is 1. The van der Waals surface area contributed by atoms with Crippen molar-refractivity contribution in [2.45, 2.75) is 18.8 Å². The molecule has 5 heteroatoms. The Morgan fingerprint density at radius 2 is 1.71 bits per heavy atom. The number of ether oxygens (including phenoxy) is 2. The number of rotatable bonds is 2. The minimum atomic E-state index is -0.214. The van der Waals surface area contributed by atoms with Crippen LogP contribution in [-0.4, -0.2) is 30.7 Å². The van der Waals surface area contributed by atoms with Crippen LogP contribution in [0.15, 0.2) is 42.5 Å². The summed E-state index contributed by atoms with van der Waals surface area (Å²) in [6.45, 7) is 1.61. The molecule has 2 aromatic carbocycles. The second-order valence-electron chi connectivity index (χ2n) is 6.19. The van der Waals surface area contributed by atoms with E-state index in [0.717, 1.165) is 18.4 Å². The van der Waals surface area contributed by atoms with E-state index in [1.165, 1.54) is 12.1 Å². The highest BCUT2D eigenvalue weighted by Crippen LogP contribution is 2.34. The average molecular weight is 327 g/mol. The molecule has 2 aliphatic rings. The van der Waals surface area contributed by atoms with Crippen LogP contribution in [0.5, 0.6) is 11.5 Å². The highest BCUT2D eigenvalue weighted by atomic mass is 19.1. The summed E-state index contributed by atoms with van der Waals surface area (Å²) in [5, 5.41) is 0. The number of benzene rings is 2. The van der Waals surface area contributed by atoms with E-state index in [-0.39, 0.29) is 18.5 Å². The third-order valence-electron chi connectivity index (χ3n) is 4.74. The molecule has 2 heterocycles. The first-order valence-electron chi connectivity index (χ1n) is 8.15. The lowest BCUT2D eigenvalue weighted by Gasteiger charge is -2.32. The molecule has 4 rings (SSSR count). The number of halogens is 1. The lowest BCUT2D eigenvalue weighted by atomic mass is 9.89. The van der Waals surface area contributed by atoms with Gasteiger partial charge in [-0.2, -0.15) is 0 Å². The summed E-state index contributed by atoms with van der Waals surface area (Å²) < 4.78 is 23.6. The highest BCUT2D eigenvalue weighted by molar-refractivity contribution is 5.95. The Morgan fingerprint density at radius 1 is 1.00 bits per heavy atom. The third-order valence-corrected chi connectivity index (χ3v) is 4.74. The van der Waals surface area contributed by atoms with Crippen molar-refractivity contribution in [1.82, 2.24) is 4.90 Å². The maximum atomic E-state index is 13.0. The second kappa shape index (κ2) is 6.15. The average Bonchev–Trinajstić information content (AvgIpc) is 3.09. The fourth-order valence-corrected chi connectivity index (χ4v) is 3.36. The minimum absolute atomic E-state index is 0.0193. The van der Waals surface area contributed by atoms with Crippen molar-refractivity contribution in [3.05, 3.63) is 59.4 Å². The van der Waals surface area contributed by atoms with Gasteiger partial charge in [0, 0.05) is 18.7 Å². The molecule has 0 radical (unpaired) electrons. The van der Waals surface area contributed by atoms with Crippen LogP contribution in [0.4, 0.5) is 4.39 Å². The van der Waals surface area contributed by atoms with Crippen LogP contribution in [0, 0.1) is 5.82 Å². The van der Waals surface area contributed by atoms with Crippen molar-refractivity contribution >= 4 is 5.91 Å². The molecule has 0 saturated carbocycles. The number of amides is 1. The van der Waals surface area contributed by atoms with Gasteiger partial charge in [-0.1, -0.05) is 12.1 Å². The van der Waals surface area contributed by atoms with E-state index in [1.807, 2.05) is 17.0 Å². The van der Waals surface area contributed by atoms with Crippen molar-refractivity contribution in [3.8, 4) is 11.5 Å². The van der Waals surface area contributed by atoms with Crippen LogP contribution in [0.1, 0.15) is 34.7 Å². The highest BCUT2D eigenvalue weighted by Gasteiger charge is 2.25. The molecule has 1 saturated heterocycles. The largest absolute Gasteiger partial charge is 0.454 e. The Kier molecular flexibility index (Phi) is 3.84. The standard InChI is InChI=1S/C19H18FNO3/c20-16-4-1-13(2-5-16)14-7-9-21(10-8-14)19(22)15-3-6-17-18(11-15)24-12-23-17/h1-6,11,14H,7-10,12H2. The van der Waals surface area contributed by atoms with Gasteiger partial charge < -0.3 is 14.4 Å². The van der Waals surface area contributed by atoms with Crippen LogP contribution in [0.25, 0.3) is 0 Å². The van der Waals surface area contributed by atoms with E-state index in [9.17, 15) is 9.18 Å². The molecule has 0 unspecified atom stereocenters. The van der Waals surface area contributed by atoms with Crippen molar-refractivity contribution in [1.29, 1.82) is 0 Å². The first kappa shape index (κ1) is 15.0. The number of piperidine rings is 1. The predicted molar refractivity (Wildman–Crippen MR) is 86.8 cm³/mol. The van der Waals surface area contributed by atoms with Crippen molar-refractivity contribution in [2.24, 2.45) is 0 Å². The summed E-state index contributed by atoms with van der Waals surface area (Å²) in [5.74, 6) is 1.50. The summed E-state index contributed by atoms with van der Waals surface area (Å²) in [7, 11) is 0. The lowest BCUT2D eigenvalue weighted by Crippen LogP contribution is -2.37. The third kappa shape index (κ3) is 2.82. The van der Waals surface area contributed by atoms with Gasteiger partial charge in [-0.15, -0.1) is 0 Å². The van der Waals surface area contributed by atoms with Gasteiger partial charge in [0.25, 0.3) is 5.91 Å². The minimum Gasteiger partial charge on any atom is -0.454 e. The predicted octanol–water partition coefficient (Wildman–Crippen LogP) is 3.57. The van der Waals surface area contributed by atoms with Gasteiger partial charge in [-0.25, -0.2) is 4.39 Å². The molecule has 1 amide bonds. The maximum Gasteiger partial charge on any atom is 0.253 e. The molecule has 4 nitrogen and oxygen atoms in total. The first-order valence-corrected chi connectivity index (χ1v) is 8.15. The van der Waals surface area contributed by atoms with Gasteiger partial charge in [0.2, 0.25) is 6.79 Å². The van der Waals surface area contributed by atoms with Gasteiger partial charge in [0.15, 0.2) is 11.5 Å². The van der Waals surface area contributed by atoms with E-state index < -0.39 is 0 Å². The van der Waals surface area contributed by atoms with E-state index in [4.69, 9.17) is 9.47 Å². The van der Waals surface area contributed by atoms with Gasteiger partial charge >= 0.3 is 0 Å². The smallest absolute Gasteiger partial charge is 0.253 e. The van der Waals surface area contributed by atoms with Crippen molar-refractivity contribution in [2.75, 3.05) is 19.9 Å². The Morgan fingerprint density at radius 3 is 2.46 bits per heavy atom. The summed E-state index contributed by atoms with van der Waals surface area (Å²) in [5.41, 5.74) is 1.77. The number of carbonyl (C=O) groups excluding carboxylic acids is 1. The Hall–Kier alpha value is -2.56. The Balaban J connectivity index is 1.42. The van der Waals surface area contributed by atoms with Gasteiger partial charge in [0.05, 0.1) is 0 Å². The van der Waals surface area contributed by atoms with Crippen LogP contribution in [0.2, 0.25) is 0 Å². The molecule has 124 valence electrons.